The molecular formula is C51H101NO3. The molecule has 3 N–H and O–H groups in total. The Morgan fingerprint density at radius 3 is 0.945 bits per heavy atom. The van der Waals surface area contributed by atoms with Crippen molar-refractivity contribution >= 4 is 5.91 Å². The van der Waals surface area contributed by atoms with Crippen LogP contribution in [0.15, 0.2) is 12.2 Å². The highest BCUT2D eigenvalue weighted by molar-refractivity contribution is 5.76. The van der Waals surface area contributed by atoms with Gasteiger partial charge in [0.2, 0.25) is 5.91 Å². The number of allylic oxidation sites excluding steroid dienone is 1. The van der Waals surface area contributed by atoms with Gasteiger partial charge in [0.15, 0.2) is 0 Å². The Morgan fingerprint density at radius 1 is 0.418 bits per heavy atom. The van der Waals surface area contributed by atoms with E-state index in [1.165, 1.54) is 244 Å². The van der Waals surface area contributed by atoms with E-state index in [2.05, 4.69) is 19.2 Å². The van der Waals surface area contributed by atoms with E-state index < -0.39 is 12.1 Å². The third-order valence-corrected chi connectivity index (χ3v) is 12.0. The lowest BCUT2D eigenvalue weighted by atomic mass is 10.0. The SMILES string of the molecule is CCCCCCCCCCCCCCC/C=C/[C@@H](O)[C@H](CO)NC(=O)CCCCCCCCCCCCCCCCCCCCCCCCCCCCCC. The number of carbonyl (C=O) groups is 1. The first-order valence-corrected chi connectivity index (χ1v) is 25.4. The van der Waals surface area contributed by atoms with Crippen LogP contribution in [0.2, 0.25) is 0 Å². The van der Waals surface area contributed by atoms with Crippen LogP contribution in [0.25, 0.3) is 0 Å². The van der Waals surface area contributed by atoms with E-state index in [1.807, 2.05) is 6.08 Å². The normalized spacial score (nSPS) is 12.9. The van der Waals surface area contributed by atoms with E-state index in [1.54, 1.807) is 6.08 Å². The van der Waals surface area contributed by atoms with Crippen molar-refractivity contribution < 1.29 is 15.0 Å². The molecule has 2 atom stereocenters. The molecule has 0 aliphatic rings. The van der Waals surface area contributed by atoms with Crippen molar-refractivity contribution in [2.75, 3.05) is 6.61 Å². The highest BCUT2D eigenvalue weighted by Crippen LogP contribution is 2.17. The number of hydrogen-bond donors (Lipinski definition) is 3. The summed E-state index contributed by atoms with van der Waals surface area (Å²) >= 11 is 0. The molecule has 0 bridgehead atoms. The summed E-state index contributed by atoms with van der Waals surface area (Å²) in [5.41, 5.74) is 0. The molecule has 0 spiro atoms. The molecule has 0 aromatic rings. The van der Waals surface area contributed by atoms with Gasteiger partial charge in [-0.3, -0.25) is 4.79 Å². The third-order valence-electron chi connectivity index (χ3n) is 12.0. The lowest BCUT2D eigenvalue weighted by Gasteiger charge is -2.20. The number of amides is 1. The zero-order valence-corrected chi connectivity index (χ0v) is 37.7. The molecule has 0 aromatic heterocycles. The molecule has 4 nitrogen and oxygen atoms in total. The maximum absolute atomic E-state index is 12.4. The van der Waals surface area contributed by atoms with E-state index in [4.69, 9.17) is 0 Å². The Labute approximate surface area is 346 Å². The second kappa shape index (κ2) is 47.5. The maximum Gasteiger partial charge on any atom is 0.220 e. The van der Waals surface area contributed by atoms with Crippen LogP contribution in [0.3, 0.4) is 0 Å². The molecule has 0 radical (unpaired) electrons. The molecule has 1 amide bonds. The monoisotopic (exact) mass is 776 g/mol. The summed E-state index contributed by atoms with van der Waals surface area (Å²) in [6, 6.07) is -0.616. The molecule has 0 aliphatic heterocycles. The third kappa shape index (κ3) is 44.1. The van der Waals surface area contributed by atoms with Crippen molar-refractivity contribution in [1.29, 1.82) is 0 Å². The molecule has 0 fully saturated rings. The fraction of sp³-hybridized carbons (Fsp3) is 0.941. The van der Waals surface area contributed by atoms with Crippen LogP contribution in [0.1, 0.15) is 290 Å². The number of hydrogen-bond acceptors (Lipinski definition) is 3. The lowest BCUT2D eigenvalue weighted by Crippen LogP contribution is -2.45. The number of nitrogens with one attached hydrogen (secondary N) is 1. The molecule has 328 valence electrons. The second-order valence-electron chi connectivity index (χ2n) is 17.6. The quantitative estimate of drug-likeness (QED) is 0.0426. The molecule has 0 aromatic carbocycles. The molecular weight excluding hydrogens is 675 g/mol. The summed E-state index contributed by atoms with van der Waals surface area (Å²) in [7, 11) is 0. The summed E-state index contributed by atoms with van der Waals surface area (Å²) in [6.45, 7) is 4.34. The van der Waals surface area contributed by atoms with Gasteiger partial charge in [-0.25, -0.2) is 0 Å². The van der Waals surface area contributed by atoms with Crippen LogP contribution < -0.4 is 5.32 Å². The number of carbonyl (C=O) groups excluding carboxylic acids is 1. The van der Waals surface area contributed by atoms with Gasteiger partial charge in [0.25, 0.3) is 0 Å². The smallest absolute Gasteiger partial charge is 0.220 e. The molecule has 0 unspecified atom stereocenters. The molecule has 0 saturated carbocycles. The zero-order chi connectivity index (χ0) is 40.0. The van der Waals surface area contributed by atoms with Gasteiger partial charge in [-0.1, -0.05) is 276 Å². The van der Waals surface area contributed by atoms with Crippen LogP contribution in [0.5, 0.6) is 0 Å². The van der Waals surface area contributed by atoms with E-state index in [9.17, 15) is 15.0 Å². The standard InChI is InChI=1S/C51H101NO3/c1-3-5-7-9-11-13-15-17-19-20-21-22-23-24-25-26-27-28-29-30-31-33-35-37-39-41-43-45-47-51(55)52-49(48-53)50(54)46-44-42-40-38-36-34-32-18-16-14-12-10-8-6-4-2/h44,46,49-50,53-54H,3-43,45,47-48H2,1-2H3,(H,52,55)/b46-44+/t49-,50+/m0/s1. The highest BCUT2D eigenvalue weighted by Gasteiger charge is 2.18. The first-order chi connectivity index (χ1) is 27.2. The van der Waals surface area contributed by atoms with Gasteiger partial charge in [0.05, 0.1) is 18.8 Å². The summed E-state index contributed by atoms with van der Waals surface area (Å²) in [5, 5.41) is 23.1. The van der Waals surface area contributed by atoms with Crippen molar-refractivity contribution in [2.45, 2.75) is 302 Å². The van der Waals surface area contributed by atoms with Gasteiger partial charge in [-0.05, 0) is 19.3 Å². The number of rotatable bonds is 47. The first kappa shape index (κ1) is 54.1. The predicted molar refractivity (Wildman–Crippen MR) is 244 cm³/mol. The van der Waals surface area contributed by atoms with Crippen molar-refractivity contribution in [3.05, 3.63) is 12.2 Å². The topological polar surface area (TPSA) is 69.6 Å². The number of aliphatic hydroxyl groups is 2. The van der Waals surface area contributed by atoms with Crippen LogP contribution in [-0.2, 0) is 4.79 Å². The van der Waals surface area contributed by atoms with Crippen molar-refractivity contribution in [1.82, 2.24) is 5.32 Å². The van der Waals surface area contributed by atoms with E-state index >= 15 is 0 Å². The minimum absolute atomic E-state index is 0.0576. The second-order valence-corrected chi connectivity index (χ2v) is 17.6. The van der Waals surface area contributed by atoms with Gasteiger partial charge in [-0.2, -0.15) is 0 Å². The van der Waals surface area contributed by atoms with E-state index in [-0.39, 0.29) is 12.5 Å². The highest BCUT2D eigenvalue weighted by atomic mass is 16.3. The minimum atomic E-state index is -0.834. The first-order valence-electron chi connectivity index (χ1n) is 25.4. The van der Waals surface area contributed by atoms with Gasteiger partial charge in [0, 0.05) is 6.42 Å². The summed E-state index contributed by atoms with van der Waals surface area (Å²) in [4.78, 5) is 12.4. The fourth-order valence-electron chi connectivity index (χ4n) is 8.12. The van der Waals surface area contributed by atoms with Crippen molar-refractivity contribution in [2.24, 2.45) is 0 Å². The number of unbranched alkanes of at least 4 members (excludes halogenated alkanes) is 40. The minimum Gasteiger partial charge on any atom is -0.394 e. The maximum atomic E-state index is 12.4. The Hall–Kier alpha value is -0.870. The van der Waals surface area contributed by atoms with Crippen LogP contribution in [-0.4, -0.2) is 34.9 Å². The molecule has 0 aliphatic carbocycles. The Balaban J connectivity index is 3.43. The molecule has 0 rings (SSSR count). The van der Waals surface area contributed by atoms with Crippen LogP contribution >= 0.6 is 0 Å². The van der Waals surface area contributed by atoms with E-state index in [0.29, 0.717) is 6.42 Å². The molecule has 0 heterocycles. The van der Waals surface area contributed by atoms with Crippen molar-refractivity contribution in [3.63, 3.8) is 0 Å². The average Bonchev–Trinajstić information content (AvgIpc) is 3.19. The predicted octanol–water partition coefficient (Wildman–Crippen LogP) is 16.2. The Kier molecular flexibility index (Phi) is 46.8. The zero-order valence-electron chi connectivity index (χ0n) is 37.7. The van der Waals surface area contributed by atoms with E-state index in [0.717, 1.165) is 25.7 Å². The summed E-state index contributed by atoms with van der Waals surface area (Å²) < 4.78 is 0. The molecule has 4 heteroatoms. The summed E-state index contributed by atoms with van der Waals surface area (Å²) in [6.07, 6.45) is 60.7. The van der Waals surface area contributed by atoms with Crippen LogP contribution in [0.4, 0.5) is 0 Å². The molecule has 55 heavy (non-hydrogen) atoms. The average molecular weight is 776 g/mol. The Bertz CT molecular complexity index is 754. The fourth-order valence-corrected chi connectivity index (χ4v) is 8.12. The van der Waals surface area contributed by atoms with Gasteiger partial charge in [-0.15, -0.1) is 0 Å². The summed E-state index contributed by atoms with van der Waals surface area (Å²) in [5.74, 6) is -0.0576. The molecule has 0 saturated heterocycles. The largest absolute Gasteiger partial charge is 0.394 e. The number of aliphatic hydroxyl groups excluding tert-OH is 2. The Morgan fingerprint density at radius 2 is 0.673 bits per heavy atom. The van der Waals surface area contributed by atoms with Gasteiger partial charge in [0.1, 0.15) is 0 Å². The van der Waals surface area contributed by atoms with Gasteiger partial charge < -0.3 is 15.5 Å². The van der Waals surface area contributed by atoms with Crippen LogP contribution in [0, 0.1) is 0 Å². The lowest BCUT2D eigenvalue weighted by molar-refractivity contribution is -0.123. The van der Waals surface area contributed by atoms with Crippen molar-refractivity contribution in [3.8, 4) is 0 Å². The van der Waals surface area contributed by atoms with Gasteiger partial charge >= 0.3 is 0 Å².